The minimum atomic E-state index is -0.307. The van der Waals surface area contributed by atoms with Crippen molar-refractivity contribution in [2.45, 2.75) is 24.3 Å². The van der Waals surface area contributed by atoms with Gasteiger partial charge in [0.25, 0.3) is 0 Å². The Bertz CT molecular complexity index is 924. The average Bonchev–Trinajstić information content (AvgIpc) is 3.09. The maximum Gasteiger partial charge on any atom is 0.221 e. The Balaban J connectivity index is 1.81. The number of aromatic nitrogens is 3. The number of hydrogen-bond acceptors (Lipinski definition) is 5. The summed E-state index contributed by atoms with van der Waals surface area (Å²) in [4.78, 5) is 23.8. The van der Waals surface area contributed by atoms with Crippen LogP contribution in [0.1, 0.15) is 24.2 Å². The third kappa shape index (κ3) is 4.18. The second-order valence-corrected chi connectivity index (χ2v) is 7.01. The van der Waals surface area contributed by atoms with Crippen LogP contribution in [0, 0.1) is 0 Å². The van der Waals surface area contributed by atoms with Gasteiger partial charge in [-0.3, -0.25) is 14.2 Å². The van der Waals surface area contributed by atoms with Crippen molar-refractivity contribution in [2.75, 3.05) is 5.32 Å². The monoisotopic (exact) mass is 366 g/mol. The molecule has 26 heavy (non-hydrogen) atoms. The van der Waals surface area contributed by atoms with Crippen molar-refractivity contribution in [2.24, 2.45) is 0 Å². The van der Waals surface area contributed by atoms with Crippen LogP contribution >= 0.6 is 11.8 Å². The van der Waals surface area contributed by atoms with Crippen LogP contribution in [0.15, 0.2) is 66.1 Å². The molecular weight excluding hydrogens is 348 g/mol. The number of amides is 1. The summed E-state index contributed by atoms with van der Waals surface area (Å²) in [7, 11) is 0. The molecule has 3 rings (SSSR count). The molecule has 0 aliphatic rings. The maximum atomic E-state index is 12.6. The summed E-state index contributed by atoms with van der Waals surface area (Å²) in [5.74, 6) is -0.0975. The zero-order valence-corrected chi connectivity index (χ0v) is 15.2. The largest absolute Gasteiger partial charge is 0.326 e. The minimum absolute atomic E-state index is 0.0390. The van der Waals surface area contributed by atoms with Gasteiger partial charge >= 0.3 is 0 Å². The van der Waals surface area contributed by atoms with E-state index in [9.17, 15) is 9.59 Å². The molecule has 1 aromatic heterocycles. The zero-order valence-electron chi connectivity index (χ0n) is 14.4. The van der Waals surface area contributed by atoms with Gasteiger partial charge in [-0.25, -0.2) is 0 Å². The molecule has 0 saturated carbocycles. The fourth-order valence-corrected chi connectivity index (χ4v) is 3.39. The summed E-state index contributed by atoms with van der Waals surface area (Å²) in [6.07, 6.45) is 1.59. The van der Waals surface area contributed by atoms with E-state index in [1.807, 2.05) is 49.4 Å². The number of hydrogen-bond donors (Lipinski definition) is 1. The van der Waals surface area contributed by atoms with Gasteiger partial charge in [-0.2, -0.15) is 0 Å². The van der Waals surface area contributed by atoms with Gasteiger partial charge in [0, 0.05) is 18.2 Å². The molecule has 2 aromatic carbocycles. The van der Waals surface area contributed by atoms with Crippen molar-refractivity contribution >= 4 is 29.1 Å². The molecule has 0 saturated heterocycles. The number of benzene rings is 2. The van der Waals surface area contributed by atoms with Crippen LogP contribution in [-0.4, -0.2) is 31.7 Å². The van der Waals surface area contributed by atoms with Crippen molar-refractivity contribution in [1.82, 2.24) is 14.8 Å². The van der Waals surface area contributed by atoms with Crippen LogP contribution in [0.4, 0.5) is 5.69 Å². The third-order valence-electron chi connectivity index (χ3n) is 3.67. The molecule has 0 spiro atoms. The van der Waals surface area contributed by atoms with E-state index in [-0.39, 0.29) is 16.9 Å². The lowest BCUT2D eigenvalue weighted by molar-refractivity contribution is -0.114. The number of anilines is 1. The number of thioether (sulfide) groups is 1. The number of carbonyl (C=O) groups is 2. The standard InChI is InChI=1S/C19H18N4O2S/c1-13(18(25)15-7-4-3-5-8-15)26-19-22-20-12-23(19)17-10-6-9-16(11-17)21-14(2)24/h3-13H,1-2H3,(H,21,24). The van der Waals surface area contributed by atoms with Gasteiger partial charge in [-0.05, 0) is 25.1 Å². The molecule has 0 aliphatic carbocycles. The van der Waals surface area contributed by atoms with Crippen LogP contribution in [0.5, 0.6) is 0 Å². The molecule has 0 fully saturated rings. The molecule has 6 nitrogen and oxygen atoms in total. The van der Waals surface area contributed by atoms with Gasteiger partial charge in [0.15, 0.2) is 10.9 Å². The first-order chi connectivity index (χ1) is 12.5. The second kappa shape index (κ2) is 7.97. The van der Waals surface area contributed by atoms with Crippen molar-refractivity contribution in [1.29, 1.82) is 0 Å². The summed E-state index contributed by atoms with van der Waals surface area (Å²) >= 11 is 1.35. The van der Waals surface area contributed by atoms with Crippen molar-refractivity contribution < 1.29 is 9.59 Å². The third-order valence-corrected chi connectivity index (χ3v) is 4.73. The van der Waals surface area contributed by atoms with Crippen LogP contribution in [0.2, 0.25) is 0 Å². The first-order valence-corrected chi connectivity index (χ1v) is 8.96. The van der Waals surface area contributed by atoms with E-state index in [4.69, 9.17) is 0 Å². The second-order valence-electron chi connectivity index (χ2n) is 5.71. The maximum absolute atomic E-state index is 12.6. The van der Waals surface area contributed by atoms with E-state index in [1.165, 1.54) is 18.7 Å². The molecule has 1 atom stereocenters. The van der Waals surface area contributed by atoms with Crippen LogP contribution < -0.4 is 5.32 Å². The van der Waals surface area contributed by atoms with E-state index in [1.54, 1.807) is 23.0 Å². The topological polar surface area (TPSA) is 76.9 Å². The number of Topliss-reactive ketones (excluding diaryl/α,β-unsaturated/α-hetero) is 1. The smallest absolute Gasteiger partial charge is 0.221 e. The van der Waals surface area contributed by atoms with Crippen molar-refractivity contribution in [3.05, 3.63) is 66.5 Å². The molecule has 1 N–H and O–H groups in total. The Hall–Kier alpha value is -2.93. The van der Waals surface area contributed by atoms with Crippen LogP contribution in [0.25, 0.3) is 5.69 Å². The normalized spacial score (nSPS) is 11.8. The molecule has 0 aliphatic heterocycles. The van der Waals surface area contributed by atoms with E-state index in [0.29, 0.717) is 16.4 Å². The zero-order chi connectivity index (χ0) is 18.5. The molecule has 0 radical (unpaired) electrons. The summed E-state index contributed by atoms with van der Waals surface area (Å²) in [5.41, 5.74) is 2.17. The highest BCUT2D eigenvalue weighted by Gasteiger charge is 2.19. The molecule has 1 unspecified atom stereocenters. The van der Waals surface area contributed by atoms with Crippen molar-refractivity contribution in [3.8, 4) is 5.69 Å². The Morgan fingerprint density at radius 2 is 1.88 bits per heavy atom. The van der Waals surface area contributed by atoms with Gasteiger partial charge < -0.3 is 5.32 Å². The van der Waals surface area contributed by atoms with Gasteiger partial charge in [-0.1, -0.05) is 48.2 Å². The van der Waals surface area contributed by atoms with E-state index >= 15 is 0 Å². The first kappa shape index (κ1) is 17.9. The van der Waals surface area contributed by atoms with E-state index in [2.05, 4.69) is 15.5 Å². The fourth-order valence-electron chi connectivity index (χ4n) is 2.47. The molecule has 3 aromatic rings. The number of ketones is 1. The lowest BCUT2D eigenvalue weighted by Gasteiger charge is -2.12. The predicted octanol–water partition coefficient (Wildman–Crippen LogP) is 3.59. The predicted molar refractivity (Wildman–Crippen MR) is 102 cm³/mol. The lowest BCUT2D eigenvalue weighted by Crippen LogP contribution is -2.14. The highest BCUT2D eigenvalue weighted by Crippen LogP contribution is 2.26. The van der Waals surface area contributed by atoms with Gasteiger partial charge in [-0.15, -0.1) is 10.2 Å². The highest BCUT2D eigenvalue weighted by molar-refractivity contribution is 8.00. The van der Waals surface area contributed by atoms with Crippen LogP contribution in [0.3, 0.4) is 0 Å². The molecular formula is C19H18N4O2S. The Morgan fingerprint density at radius 1 is 1.12 bits per heavy atom. The minimum Gasteiger partial charge on any atom is -0.326 e. The van der Waals surface area contributed by atoms with Crippen LogP contribution in [-0.2, 0) is 4.79 Å². The molecule has 0 bridgehead atoms. The molecule has 7 heteroatoms. The number of nitrogens with zero attached hydrogens (tertiary/aromatic N) is 3. The van der Waals surface area contributed by atoms with Gasteiger partial charge in [0.2, 0.25) is 5.91 Å². The van der Waals surface area contributed by atoms with Gasteiger partial charge in [0.1, 0.15) is 6.33 Å². The van der Waals surface area contributed by atoms with E-state index in [0.717, 1.165) is 5.69 Å². The van der Waals surface area contributed by atoms with Crippen molar-refractivity contribution in [3.63, 3.8) is 0 Å². The quantitative estimate of drug-likeness (QED) is 0.533. The average molecular weight is 366 g/mol. The Kier molecular flexibility index (Phi) is 5.48. The summed E-state index contributed by atoms with van der Waals surface area (Å²) in [6, 6.07) is 16.6. The first-order valence-electron chi connectivity index (χ1n) is 8.08. The Labute approximate surface area is 155 Å². The Morgan fingerprint density at radius 3 is 2.62 bits per heavy atom. The summed E-state index contributed by atoms with van der Waals surface area (Å²) < 4.78 is 1.80. The number of rotatable bonds is 6. The lowest BCUT2D eigenvalue weighted by atomic mass is 10.1. The summed E-state index contributed by atoms with van der Waals surface area (Å²) in [5, 5.41) is 11.2. The van der Waals surface area contributed by atoms with Gasteiger partial charge in [0.05, 0.1) is 10.9 Å². The molecule has 1 heterocycles. The molecule has 132 valence electrons. The number of nitrogens with one attached hydrogen (secondary N) is 1. The summed E-state index contributed by atoms with van der Waals surface area (Å²) in [6.45, 7) is 3.32. The molecule has 1 amide bonds. The fraction of sp³-hybridized carbons (Fsp3) is 0.158. The number of carbonyl (C=O) groups excluding carboxylic acids is 2. The van der Waals surface area contributed by atoms with E-state index < -0.39 is 0 Å². The SMILES string of the molecule is CC(=O)Nc1cccc(-n2cnnc2SC(C)C(=O)c2ccccc2)c1. The highest BCUT2D eigenvalue weighted by atomic mass is 32.2.